The van der Waals surface area contributed by atoms with Gasteiger partial charge in [-0.2, -0.15) is 0 Å². The quantitative estimate of drug-likeness (QED) is 0.136. The molecule has 7 heteroatoms. The van der Waals surface area contributed by atoms with E-state index >= 15 is 0 Å². The van der Waals surface area contributed by atoms with Crippen molar-refractivity contribution in [3.63, 3.8) is 0 Å². The lowest BCUT2D eigenvalue weighted by Gasteiger charge is -2.07. The van der Waals surface area contributed by atoms with Crippen LogP contribution in [0.1, 0.15) is 33.1 Å². The summed E-state index contributed by atoms with van der Waals surface area (Å²) in [7, 11) is 0. The number of nitrogens with one attached hydrogen (secondary N) is 2. The smallest absolute Gasteiger partial charge is 0.152 e. The lowest BCUT2D eigenvalue weighted by Crippen LogP contribution is -1.90. The molecular weight excluding hydrogens is 643 g/mol. The van der Waals surface area contributed by atoms with Crippen molar-refractivity contribution in [3.8, 4) is 44.5 Å². The van der Waals surface area contributed by atoms with Crippen LogP contribution in [-0.4, -0.2) is 26.2 Å². The van der Waals surface area contributed by atoms with Crippen molar-refractivity contribution in [2.45, 2.75) is 0 Å². The summed E-state index contributed by atoms with van der Waals surface area (Å²) in [6.45, 7) is 0. The summed E-state index contributed by atoms with van der Waals surface area (Å²) in [6, 6.07) is 44.1. The average molecular weight is 672 g/mol. The number of carbonyl (C=O) groups excluding carboxylic acids is 1. The molecule has 246 valence electrons. The van der Waals surface area contributed by atoms with E-state index in [0.717, 1.165) is 78.1 Å². The van der Waals surface area contributed by atoms with Crippen molar-refractivity contribution in [3.05, 3.63) is 167 Å². The third kappa shape index (κ3) is 5.37. The van der Waals surface area contributed by atoms with Gasteiger partial charge in [0.2, 0.25) is 0 Å². The first-order valence-electron chi connectivity index (χ1n) is 16.9. The lowest BCUT2D eigenvalue weighted by atomic mass is 10.0. The maximum atomic E-state index is 11.9. The maximum absolute atomic E-state index is 11.9. The summed E-state index contributed by atoms with van der Waals surface area (Å²) >= 11 is 0. The summed E-state index contributed by atoms with van der Waals surface area (Å²) in [4.78, 5) is 41.6. The predicted molar refractivity (Wildman–Crippen MR) is 211 cm³/mol. The monoisotopic (exact) mass is 671 g/mol. The summed E-state index contributed by atoms with van der Waals surface area (Å²) < 4.78 is 0. The highest BCUT2D eigenvalue weighted by Crippen LogP contribution is 2.39. The fourth-order valence-corrected chi connectivity index (χ4v) is 7.11. The summed E-state index contributed by atoms with van der Waals surface area (Å²) in [6.07, 6.45) is 8.80. The standard InChI is InChI=1S/C45H29N5O2/c51-27-32-17-16-31(26-41(32)50-52)45-39-24-22-37(48-39)43(29-12-6-2-7-13-29)35-20-18-33(46-35)42(28-10-4-1-5-11-28)34-19-21-36(47-34)44(30-14-8-3-9-15-30)38-23-25-40(45)49-38/h1-27,46,49H. The van der Waals surface area contributed by atoms with E-state index in [9.17, 15) is 9.70 Å². The molecule has 7 nitrogen and oxygen atoms in total. The lowest BCUT2D eigenvalue weighted by molar-refractivity contribution is 0.112. The topological polar surface area (TPSA) is 104 Å². The molecule has 5 heterocycles. The average Bonchev–Trinajstić information content (AvgIpc) is 4.04. The Labute approximate surface area is 298 Å². The van der Waals surface area contributed by atoms with Gasteiger partial charge in [-0.25, -0.2) is 9.97 Å². The molecule has 0 fully saturated rings. The van der Waals surface area contributed by atoms with Gasteiger partial charge in [0, 0.05) is 49.9 Å². The molecule has 0 saturated heterocycles. The minimum atomic E-state index is 0.0664. The Morgan fingerprint density at radius 2 is 0.808 bits per heavy atom. The molecule has 4 aromatic carbocycles. The van der Waals surface area contributed by atoms with Crippen LogP contribution in [-0.2, 0) is 0 Å². The van der Waals surface area contributed by atoms with Gasteiger partial charge in [-0.05, 0) is 88.1 Å². The normalized spacial score (nSPS) is 11.8. The largest absolute Gasteiger partial charge is 0.354 e. The first-order valence-corrected chi connectivity index (χ1v) is 16.9. The van der Waals surface area contributed by atoms with Gasteiger partial charge in [0.05, 0.1) is 22.8 Å². The Balaban J connectivity index is 1.48. The molecule has 9 rings (SSSR count). The van der Waals surface area contributed by atoms with Crippen molar-refractivity contribution in [2.24, 2.45) is 5.18 Å². The van der Waals surface area contributed by atoms with Crippen LogP contribution in [0, 0.1) is 4.91 Å². The molecule has 0 unspecified atom stereocenters. The molecule has 52 heavy (non-hydrogen) atoms. The summed E-state index contributed by atoms with van der Waals surface area (Å²) in [5.74, 6) is 0. The van der Waals surface area contributed by atoms with Crippen LogP contribution < -0.4 is 0 Å². The van der Waals surface area contributed by atoms with Gasteiger partial charge in [-0.1, -0.05) is 97.1 Å². The number of hydrogen-bond donors (Lipinski definition) is 2. The number of carbonyl (C=O) groups is 1. The molecule has 2 aliphatic rings. The fourth-order valence-electron chi connectivity index (χ4n) is 7.11. The molecule has 0 aliphatic carbocycles. The zero-order chi connectivity index (χ0) is 35.0. The maximum Gasteiger partial charge on any atom is 0.152 e. The Hall–Kier alpha value is -7.25. The number of aldehydes is 1. The first-order chi connectivity index (χ1) is 25.7. The molecule has 0 amide bonds. The van der Waals surface area contributed by atoms with Crippen LogP contribution in [0.4, 0.5) is 5.69 Å². The zero-order valence-corrected chi connectivity index (χ0v) is 27.7. The number of benzene rings is 4. The number of nitrogens with zero attached hydrogens (tertiary/aromatic N) is 3. The first kappa shape index (κ1) is 30.8. The van der Waals surface area contributed by atoms with Crippen molar-refractivity contribution in [1.82, 2.24) is 19.9 Å². The molecule has 3 aromatic heterocycles. The van der Waals surface area contributed by atoms with Gasteiger partial charge in [0.1, 0.15) is 5.69 Å². The third-order valence-electron chi connectivity index (χ3n) is 9.49. The zero-order valence-electron chi connectivity index (χ0n) is 27.7. The van der Waals surface area contributed by atoms with E-state index in [4.69, 9.17) is 9.97 Å². The van der Waals surface area contributed by atoms with Gasteiger partial charge in [-0.15, -0.1) is 4.91 Å². The van der Waals surface area contributed by atoms with Crippen LogP contribution in [0.25, 0.3) is 90.9 Å². The molecular formula is C45H29N5O2. The molecule has 8 bridgehead atoms. The molecule has 2 aliphatic heterocycles. The van der Waals surface area contributed by atoms with E-state index in [-0.39, 0.29) is 11.3 Å². The van der Waals surface area contributed by atoms with E-state index < -0.39 is 0 Å². The molecule has 0 saturated carbocycles. The van der Waals surface area contributed by atoms with Gasteiger partial charge in [-0.3, -0.25) is 4.79 Å². The van der Waals surface area contributed by atoms with E-state index in [2.05, 4.69) is 75.8 Å². The van der Waals surface area contributed by atoms with Crippen molar-refractivity contribution < 1.29 is 4.79 Å². The molecule has 7 aromatic rings. The molecule has 0 radical (unpaired) electrons. The second-order valence-electron chi connectivity index (χ2n) is 12.6. The molecule has 0 spiro atoms. The van der Waals surface area contributed by atoms with E-state index in [0.29, 0.717) is 17.5 Å². The Bertz CT molecular complexity index is 2720. The van der Waals surface area contributed by atoms with Crippen LogP contribution in [0.15, 0.2) is 139 Å². The van der Waals surface area contributed by atoms with Gasteiger partial charge < -0.3 is 9.97 Å². The second-order valence-corrected chi connectivity index (χ2v) is 12.6. The Kier molecular flexibility index (Phi) is 7.63. The van der Waals surface area contributed by atoms with Gasteiger partial charge in [0.25, 0.3) is 0 Å². The summed E-state index contributed by atoms with van der Waals surface area (Å²) in [5, 5.41) is 3.18. The Morgan fingerprint density at radius 3 is 1.15 bits per heavy atom. The van der Waals surface area contributed by atoms with Crippen LogP contribution in [0.5, 0.6) is 0 Å². The highest BCUT2D eigenvalue weighted by atomic mass is 16.3. The third-order valence-corrected chi connectivity index (χ3v) is 9.49. The van der Waals surface area contributed by atoms with Crippen LogP contribution in [0.3, 0.4) is 0 Å². The second kappa shape index (κ2) is 12.9. The van der Waals surface area contributed by atoms with Crippen LogP contribution >= 0.6 is 0 Å². The van der Waals surface area contributed by atoms with E-state index in [1.165, 1.54) is 0 Å². The van der Waals surface area contributed by atoms with Crippen molar-refractivity contribution >= 4 is 58.3 Å². The number of nitroso groups, excluding NO2 is 1. The highest BCUT2D eigenvalue weighted by molar-refractivity contribution is 6.00. The van der Waals surface area contributed by atoms with E-state index in [1.807, 2.05) is 84.9 Å². The number of fused-ring (bicyclic) bond motifs is 8. The highest BCUT2D eigenvalue weighted by Gasteiger charge is 2.19. The van der Waals surface area contributed by atoms with Crippen molar-refractivity contribution in [2.75, 3.05) is 0 Å². The number of aromatic amines is 2. The number of hydrogen-bond acceptors (Lipinski definition) is 5. The van der Waals surface area contributed by atoms with E-state index in [1.54, 1.807) is 12.1 Å². The van der Waals surface area contributed by atoms with Crippen LogP contribution in [0.2, 0.25) is 0 Å². The molecule has 0 atom stereocenters. The minimum absolute atomic E-state index is 0.0664. The van der Waals surface area contributed by atoms with Gasteiger partial charge >= 0.3 is 0 Å². The summed E-state index contributed by atoms with van der Waals surface area (Å²) in [5.41, 5.74) is 14.3. The molecule has 2 N–H and O–H groups in total. The number of aromatic nitrogens is 4. The predicted octanol–water partition coefficient (Wildman–Crippen LogP) is 11.5. The van der Waals surface area contributed by atoms with Crippen molar-refractivity contribution in [1.29, 1.82) is 0 Å². The number of rotatable bonds is 6. The SMILES string of the molecule is O=Cc1ccc(-c2c3nc(c(-c4ccccc4)c4ccc([nH]4)c(-c4ccccc4)c4nc(c(-c5ccccc5)c5ccc2[nH]5)C=C4)C=C3)cc1N=O. The fraction of sp³-hybridized carbons (Fsp3) is 0. The minimum Gasteiger partial charge on any atom is -0.354 e. The van der Waals surface area contributed by atoms with Gasteiger partial charge in [0.15, 0.2) is 6.29 Å². The Morgan fingerprint density at radius 1 is 0.442 bits per heavy atom. The number of H-pyrrole nitrogens is 2.